The number of hydrogen-bond acceptors (Lipinski definition) is 3. The lowest BCUT2D eigenvalue weighted by molar-refractivity contribution is -0.135. The van der Waals surface area contributed by atoms with Crippen LogP contribution in [0.1, 0.15) is 12.0 Å². The Balaban J connectivity index is 2.13. The normalized spacial score (nSPS) is 17.5. The van der Waals surface area contributed by atoms with Crippen LogP contribution in [-0.4, -0.2) is 19.7 Å². The number of methoxy groups -OCH3 is 1. The summed E-state index contributed by atoms with van der Waals surface area (Å²) in [5.74, 6) is -0.133. The Labute approximate surface area is 128 Å². The molecular formula is C18H15FO3. The van der Waals surface area contributed by atoms with E-state index in [9.17, 15) is 9.18 Å². The summed E-state index contributed by atoms with van der Waals surface area (Å²) in [5, 5.41) is 0. The predicted molar refractivity (Wildman–Crippen MR) is 81.3 cm³/mol. The maximum absolute atomic E-state index is 14.4. The van der Waals surface area contributed by atoms with Crippen LogP contribution in [-0.2, 0) is 14.3 Å². The second kappa shape index (κ2) is 6.02. The Kier molecular flexibility index (Phi) is 3.92. The lowest BCUT2D eigenvalue weighted by atomic mass is 9.93. The van der Waals surface area contributed by atoms with E-state index >= 15 is 0 Å². The van der Waals surface area contributed by atoms with Gasteiger partial charge >= 0.3 is 5.97 Å². The second-order valence-corrected chi connectivity index (χ2v) is 4.97. The van der Waals surface area contributed by atoms with Gasteiger partial charge in [-0.2, -0.15) is 0 Å². The smallest absolute Gasteiger partial charge is 0.337 e. The maximum Gasteiger partial charge on any atom is 0.337 e. The Morgan fingerprint density at radius 3 is 2.77 bits per heavy atom. The summed E-state index contributed by atoms with van der Waals surface area (Å²) >= 11 is 0. The van der Waals surface area contributed by atoms with Crippen molar-refractivity contribution in [2.45, 2.75) is 6.42 Å². The molecule has 0 aromatic heterocycles. The van der Waals surface area contributed by atoms with Crippen LogP contribution in [0.25, 0.3) is 5.57 Å². The topological polar surface area (TPSA) is 35.5 Å². The molecule has 0 radical (unpaired) electrons. The first-order valence-electron chi connectivity index (χ1n) is 6.97. The van der Waals surface area contributed by atoms with Crippen molar-refractivity contribution < 1.29 is 18.7 Å². The molecule has 1 aliphatic heterocycles. The number of esters is 1. The third-order valence-corrected chi connectivity index (χ3v) is 3.60. The molecular weight excluding hydrogens is 283 g/mol. The third-order valence-electron chi connectivity index (χ3n) is 3.60. The lowest BCUT2D eigenvalue weighted by Crippen LogP contribution is -2.10. The summed E-state index contributed by atoms with van der Waals surface area (Å²) < 4.78 is 24.6. The van der Waals surface area contributed by atoms with Crippen LogP contribution in [0.5, 0.6) is 0 Å². The zero-order valence-corrected chi connectivity index (χ0v) is 12.1. The number of carbonyl (C=O) groups is 1. The van der Waals surface area contributed by atoms with Crippen molar-refractivity contribution in [3.63, 3.8) is 0 Å². The molecule has 0 saturated heterocycles. The van der Waals surface area contributed by atoms with E-state index < -0.39 is 5.97 Å². The van der Waals surface area contributed by atoms with Gasteiger partial charge in [-0.1, -0.05) is 42.5 Å². The Morgan fingerprint density at radius 1 is 1.27 bits per heavy atom. The van der Waals surface area contributed by atoms with Crippen LogP contribution in [0.2, 0.25) is 0 Å². The molecule has 2 aliphatic rings. The molecule has 0 unspecified atom stereocenters. The number of rotatable bonds is 2. The molecule has 3 rings (SSSR count). The van der Waals surface area contributed by atoms with Crippen LogP contribution in [0.15, 0.2) is 71.3 Å². The zero-order chi connectivity index (χ0) is 15.5. The van der Waals surface area contributed by atoms with E-state index in [-0.39, 0.29) is 12.4 Å². The Hall–Kier alpha value is -2.62. The van der Waals surface area contributed by atoms with Crippen LogP contribution < -0.4 is 0 Å². The van der Waals surface area contributed by atoms with Gasteiger partial charge in [0, 0.05) is 17.6 Å². The number of hydrogen-bond donors (Lipinski definition) is 0. The van der Waals surface area contributed by atoms with Gasteiger partial charge in [0.05, 0.1) is 12.7 Å². The molecule has 0 bridgehead atoms. The van der Waals surface area contributed by atoms with Crippen LogP contribution in [0.3, 0.4) is 0 Å². The molecule has 0 spiro atoms. The molecule has 1 aromatic rings. The molecule has 112 valence electrons. The van der Waals surface area contributed by atoms with Crippen LogP contribution in [0.4, 0.5) is 4.39 Å². The molecule has 0 atom stereocenters. The lowest BCUT2D eigenvalue weighted by Gasteiger charge is -2.21. The highest BCUT2D eigenvalue weighted by Crippen LogP contribution is 2.37. The summed E-state index contributed by atoms with van der Waals surface area (Å²) in [7, 11) is 1.32. The van der Waals surface area contributed by atoms with Crippen molar-refractivity contribution in [1.82, 2.24) is 0 Å². The number of halogens is 1. The minimum atomic E-state index is -0.455. The summed E-state index contributed by atoms with van der Waals surface area (Å²) in [4.78, 5) is 11.8. The van der Waals surface area contributed by atoms with E-state index in [0.717, 1.165) is 5.56 Å². The van der Waals surface area contributed by atoms with Gasteiger partial charge in [0.25, 0.3) is 0 Å². The van der Waals surface area contributed by atoms with Gasteiger partial charge in [0.2, 0.25) is 0 Å². The van der Waals surface area contributed by atoms with Crippen molar-refractivity contribution >= 4 is 11.5 Å². The van der Waals surface area contributed by atoms with E-state index in [1.54, 1.807) is 12.2 Å². The van der Waals surface area contributed by atoms with E-state index in [2.05, 4.69) is 0 Å². The third kappa shape index (κ3) is 2.60. The molecule has 0 saturated carbocycles. The van der Waals surface area contributed by atoms with Crippen molar-refractivity contribution in [3.8, 4) is 0 Å². The largest absolute Gasteiger partial charge is 0.490 e. The van der Waals surface area contributed by atoms with Gasteiger partial charge in [-0.25, -0.2) is 9.18 Å². The highest BCUT2D eigenvalue weighted by molar-refractivity contribution is 5.95. The maximum atomic E-state index is 14.4. The van der Waals surface area contributed by atoms with Gasteiger partial charge < -0.3 is 9.47 Å². The molecule has 0 amide bonds. The molecule has 3 nitrogen and oxygen atoms in total. The average molecular weight is 298 g/mol. The van der Waals surface area contributed by atoms with Crippen molar-refractivity contribution in [1.29, 1.82) is 0 Å². The monoisotopic (exact) mass is 298 g/mol. The highest BCUT2D eigenvalue weighted by Gasteiger charge is 2.25. The second-order valence-electron chi connectivity index (χ2n) is 4.97. The molecule has 0 fully saturated rings. The SMILES string of the molecule is COC(=O)C1=CC2=C(CC=C1)OCC(F)=C2c1ccccc1. The van der Waals surface area contributed by atoms with Gasteiger partial charge in [0.1, 0.15) is 18.2 Å². The van der Waals surface area contributed by atoms with Crippen molar-refractivity contribution in [2.75, 3.05) is 13.7 Å². The zero-order valence-electron chi connectivity index (χ0n) is 12.1. The summed E-state index contributed by atoms with van der Waals surface area (Å²) in [6.45, 7) is -0.0850. The standard InChI is InChI=1S/C18H15FO3/c1-21-18(20)13-8-5-9-16-14(10-13)17(15(19)11-22-16)12-6-3-2-4-7-12/h2-8,10H,9,11H2,1H3. The van der Waals surface area contributed by atoms with Crippen molar-refractivity contribution in [3.05, 3.63) is 76.9 Å². The highest BCUT2D eigenvalue weighted by atomic mass is 19.1. The van der Waals surface area contributed by atoms with Gasteiger partial charge in [-0.3, -0.25) is 0 Å². The number of benzene rings is 1. The molecule has 4 heteroatoms. The van der Waals surface area contributed by atoms with E-state index in [4.69, 9.17) is 9.47 Å². The summed E-state index contributed by atoms with van der Waals surface area (Å²) in [5.41, 5.74) is 2.21. The fraction of sp³-hybridized carbons (Fsp3) is 0.167. The summed E-state index contributed by atoms with van der Waals surface area (Å²) in [6.07, 6.45) is 5.63. The first-order chi connectivity index (χ1) is 10.7. The van der Waals surface area contributed by atoms with E-state index in [1.807, 2.05) is 36.4 Å². The van der Waals surface area contributed by atoms with Gasteiger partial charge in [-0.15, -0.1) is 0 Å². The minimum absolute atomic E-state index is 0.0850. The first-order valence-corrected chi connectivity index (χ1v) is 6.97. The molecule has 0 N–H and O–H groups in total. The molecule has 1 aliphatic carbocycles. The quantitative estimate of drug-likeness (QED) is 0.781. The van der Waals surface area contributed by atoms with Crippen LogP contribution >= 0.6 is 0 Å². The number of allylic oxidation sites excluding steroid dienone is 4. The van der Waals surface area contributed by atoms with Gasteiger partial charge in [-0.05, 0) is 11.6 Å². The molecule has 1 heterocycles. The summed E-state index contributed by atoms with van der Waals surface area (Å²) in [6, 6.07) is 9.26. The average Bonchev–Trinajstić information content (AvgIpc) is 2.77. The first kappa shape index (κ1) is 14.3. The Morgan fingerprint density at radius 2 is 2.05 bits per heavy atom. The fourth-order valence-corrected chi connectivity index (χ4v) is 2.57. The molecule has 22 heavy (non-hydrogen) atoms. The van der Waals surface area contributed by atoms with Crippen LogP contribution in [0, 0.1) is 0 Å². The van der Waals surface area contributed by atoms with Crippen molar-refractivity contribution in [2.24, 2.45) is 0 Å². The van der Waals surface area contributed by atoms with E-state index in [1.165, 1.54) is 7.11 Å². The van der Waals surface area contributed by atoms with Gasteiger partial charge in [0.15, 0.2) is 0 Å². The molecule has 1 aromatic carbocycles. The number of carbonyl (C=O) groups excluding carboxylic acids is 1. The predicted octanol–water partition coefficient (Wildman–Crippen LogP) is 3.71. The fourth-order valence-electron chi connectivity index (χ4n) is 2.57. The van der Waals surface area contributed by atoms with E-state index in [0.29, 0.717) is 28.9 Å². The number of ether oxygens (including phenoxy) is 2. The minimum Gasteiger partial charge on any atom is -0.490 e. The Bertz CT molecular complexity index is 724.